The van der Waals surface area contributed by atoms with Crippen LogP contribution in [0.4, 0.5) is 0 Å². The van der Waals surface area contributed by atoms with E-state index in [1.165, 1.54) is 11.3 Å². The Morgan fingerprint density at radius 3 is 2.89 bits per heavy atom. The maximum atomic E-state index is 12.3. The van der Waals surface area contributed by atoms with Gasteiger partial charge in [-0.25, -0.2) is 4.98 Å². The summed E-state index contributed by atoms with van der Waals surface area (Å²) in [6.45, 7) is 2.95. The van der Waals surface area contributed by atoms with Crippen LogP contribution in [0.5, 0.6) is 5.75 Å². The minimum absolute atomic E-state index is 0.0360. The quantitative estimate of drug-likeness (QED) is 0.492. The molecule has 0 atom stereocenters. The molecule has 0 aliphatic rings. The molecule has 0 unspecified atom stereocenters. The van der Waals surface area contributed by atoms with Gasteiger partial charge in [0, 0.05) is 23.1 Å². The Balaban J connectivity index is 1.28. The summed E-state index contributed by atoms with van der Waals surface area (Å²) in [6, 6.07) is 17.9. The van der Waals surface area contributed by atoms with Crippen LogP contribution in [0.2, 0.25) is 0 Å². The number of hydrogen-bond acceptors (Lipinski definition) is 4. The molecule has 142 valence electrons. The lowest BCUT2D eigenvalue weighted by Crippen LogP contribution is -2.24. The number of aromatic nitrogens is 2. The van der Waals surface area contributed by atoms with Crippen molar-refractivity contribution in [3.8, 4) is 5.75 Å². The van der Waals surface area contributed by atoms with E-state index in [9.17, 15) is 4.79 Å². The maximum Gasteiger partial charge on any atom is 0.226 e. The normalized spacial score (nSPS) is 10.9. The summed E-state index contributed by atoms with van der Waals surface area (Å²) < 4.78 is 5.70. The number of amides is 1. The molecule has 0 aliphatic carbocycles. The summed E-state index contributed by atoms with van der Waals surface area (Å²) >= 11 is 1.51. The summed E-state index contributed by atoms with van der Waals surface area (Å²) in [7, 11) is 0. The number of fused-ring (bicyclic) bond motifs is 1. The molecule has 0 spiro atoms. The first-order valence-electron chi connectivity index (χ1n) is 9.12. The van der Waals surface area contributed by atoms with Crippen LogP contribution in [0.3, 0.4) is 0 Å². The van der Waals surface area contributed by atoms with Gasteiger partial charge in [0.05, 0.1) is 12.1 Å². The third kappa shape index (κ3) is 4.58. The molecule has 0 aliphatic heterocycles. The predicted molar refractivity (Wildman–Crippen MR) is 111 cm³/mol. The van der Waals surface area contributed by atoms with Crippen molar-refractivity contribution in [2.45, 2.75) is 26.5 Å². The minimum atomic E-state index is -0.0360. The summed E-state index contributed by atoms with van der Waals surface area (Å²) in [5.41, 5.74) is 4.09. The van der Waals surface area contributed by atoms with Crippen molar-refractivity contribution in [3.63, 3.8) is 0 Å². The molecule has 6 heteroatoms. The zero-order chi connectivity index (χ0) is 19.3. The van der Waals surface area contributed by atoms with Crippen molar-refractivity contribution in [1.29, 1.82) is 0 Å². The number of ether oxygens (including phenoxy) is 1. The van der Waals surface area contributed by atoms with E-state index < -0.39 is 0 Å². The monoisotopic (exact) mass is 391 g/mol. The van der Waals surface area contributed by atoms with Gasteiger partial charge in [-0.3, -0.25) is 4.79 Å². The minimum Gasteiger partial charge on any atom is -0.486 e. The first-order chi connectivity index (χ1) is 13.7. The molecule has 2 N–H and O–H groups in total. The molecule has 0 bridgehead atoms. The standard InChI is InChI=1S/C22H21N3O2S/c1-15-9-17-10-16(7-8-20(17)24-15)12-23-21(26)11-18-14-28-22(25-18)13-27-19-5-3-2-4-6-19/h2-10,14,24H,11-13H2,1H3,(H,23,26). The molecule has 0 saturated carbocycles. The molecule has 2 aromatic carbocycles. The van der Waals surface area contributed by atoms with Gasteiger partial charge in [0.25, 0.3) is 0 Å². The van der Waals surface area contributed by atoms with E-state index in [4.69, 9.17) is 4.74 Å². The molecule has 0 saturated heterocycles. The number of nitrogens with zero attached hydrogens (tertiary/aromatic N) is 1. The van der Waals surface area contributed by atoms with Crippen LogP contribution in [-0.2, 0) is 24.4 Å². The van der Waals surface area contributed by atoms with Crippen LogP contribution in [-0.4, -0.2) is 15.9 Å². The summed E-state index contributed by atoms with van der Waals surface area (Å²) in [5.74, 6) is 0.776. The van der Waals surface area contributed by atoms with E-state index >= 15 is 0 Å². The lowest BCUT2D eigenvalue weighted by molar-refractivity contribution is -0.120. The molecule has 0 radical (unpaired) electrons. The van der Waals surface area contributed by atoms with Gasteiger partial charge in [-0.1, -0.05) is 24.3 Å². The number of thiazole rings is 1. The van der Waals surface area contributed by atoms with Gasteiger partial charge in [-0.05, 0) is 48.2 Å². The number of rotatable bonds is 7. The molecule has 4 rings (SSSR count). The molecule has 0 fully saturated rings. The van der Waals surface area contributed by atoms with Crippen molar-refractivity contribution >= 4 is 28.1 Å². The van der Waals surface area contributed by atoms with Crippen LogP contribution in [0.25, 0.3) is 10.9 Å². The smallest absolute Gasteiger partial charge is 0.226 e. The molecule has 2 heterocycles. The lowest BCUT2D eigenvalue weighted by Gasteiger charge is -2.05. The fourth-order valence-corrected chi connectivity index (χ4v) is 3.73. The molecule has 4 aromatic rings. The summed E-state index contributed by atoms with van der Waals surface area (Å²) in [6.07, 6.45) is 0.271. The van der Waals surface area contributed by atoms with Crippen molar-refractivity contribution in [2.75, 3.05) is 0 Å². The highest BCUT2D eigenvalue weighted by Crippen LogP contribution is 2.17. The van der Waals surface area contributed by atoms with Gasteiger partial charge >= 0.3 is 0 Å². The topological polar surface area (TPSA) is 67.0 Å². The molecule has 28 heavy (non-hydrogen) atoms. The van der Waals surface area contributed by atoms with E-state index in [-0.39, 0.29) is 12.3 Å². The zero-order valence-electron chi connectivity index (χ0n) is 15.6. The van der Waals surface area contributed by atoms with E-state index in [0.717, 1.165) is 38.6 Å². The Bertz CT molecular complexity index is 1090. The number of aromatic amines is 1. The third-order valence-corrected chi connectivity index (χ3v) is 5.23. The molecular formula is C22H21N3O2S. The second kappa shape index (κ2) is 8.27. The first kappa shape index (κ1) is 18.3. The highest BCUT2D eigenvalue weighted by Gasteiger charge is 2.09. The second-order valence-electron chi connectivity index (χ2n) is 6.66. The van der Waals surface area contributed by atoms with E-state index in [1.807, 2.05) is 54.8 Å². The maximum absolute atomic E-state index is 12.3. The van der Waals surface area contributed by atoms with Crippen LogP contribution in [0.1, 0.15) is 22.0 Å². The van der Waals surface area contributed by atoms with Gasteiger partial charge in [-0.2, -0.15) is 0 Å². The Morgan fingerprint density at radius 2 is 2.04 bits per heavy atom. The van der Waals surface area contributed by atoms with Crippen LogP contribution in [0, 0.1) is 6.92 Å². The average Bonchev–Trinajstić information content (AvgIpc) is 3.30. The van der Waals surface area contributed by atoms with Gasteiger partial charge in [0.15, 0.2) is 0 Å². The second-order valence-corrected chi connectivity index (χ2v) is 7.60. The highest BCUT2D eigenvalue weighted by atomic mass is 32.1. The zero-order valence-corrected chi connectivity index (χ0v) is 16.4. The Hall–Kier alpha value is -3.12. The fraction of sp³-hybridized carbons (Fsp3) is 0.182. The Labute approximate surface area is 167 Å². The van der Waals surface area contributed by atoms with Crippen LogP contribution >= 0.6 is 11.3 Å². The predicted octanol–water partition coefficient (Wildman–Crippen LogP) is 4.37. The average molecular weight is 391 g/mol. The van der Waals surface area contributed by atoms with E-state index in [0.29, 0.717) is 13.2 Å². The van der Waals surface area contributed by atoms with Gasteiger partial charge in [0.1, 0.15) is 17.4 Å². The van der Waals surface area contributed by atoms with Crippen molar-refractivity contribution in [3.05, 3.63) is 81.9 Å². The number of aryl methyl sites for hydroxylation is 1. The van der Waals surface area contributed by atoms with E-state index in [1.54, 1.807) is 0 Å². The lowest BCUT2D eigenvalue weighted by atomic mass is 10.1. The Morgan fingerprint density at radius 1 is 1.18 bits per heavy atom. The third-order valence-electron chi connectivity index (χ3n) is 4.36. The van der Waals surface area contributed by atoms with Crippen LogP contribution < -0.4 is 10.1 Å². The fourth-order valence-electron chi connectivity index (χ4n) is 3.02. The van der Waals surface area contributed by atoms with E-state index in [2.05, 4.69) is 27.4 Å². The Kier molecular flexibility index (Phi) is 5.39. The number of benzene rings is 2. The first-order valence-corrected chi connectivity index (χ1v) is 10.00. The highest BCUT2D eigenvalue weighted by molar-refractivity contribution is 7.09. The van der Waals surface area contributed by atoms with Crippen molar-refractivity contribution < 1.29 is 9.53 Å². The number of nitrogens with one attached hydrogen (secondary N) is 2. The molecule has 2 aromatic heterocycles. The largest absolute Gasteiger partial charge is 0.486 e. The SMILES string of the molecule is Cc1cc2cc(CNC(=O)Cc3csc(COc4ccccc4)n3)ccc2[nH]1. The van der Waals surface area contributed by atoms with Crippen LogP contribution in [0.15, 0.2) is 60.0 Å². The summed E-state index contributed by atoms with van der Waals surface area (Å²) in [5, 5.41) is 6.91. The number of hydrogen-bond donors (Lipinski definition) is 2. The van der Waals surface area contributed by atoms with Gasteiger partial charge in [-0.15, -0.1) is 11.3 Å². The molecule has 1 amide bonds. The van der Waals surface area contributed by atoms with Gasteiger partial charge in [0.2, 0.25) is 5.91 Å². The summed E-state index contributed by atoms with van der Waals surface area (Å²) in [4.78, 5) is 20.1. The number of H-pyrrole nitrogens is 1. The number of carbonyl (C=O) groups excluding carboxylic acids is 1. The van der Waals surface area contributed by atoms with Crippen molar-refractivity contribution in [1.82, 2.24) is 15.3 Å². The number of para-hydroxylation sites is 1. The molecular weight excluding hydrogens is 370 g/mol. The number of carbonyl (C=O) groups is 1. The molecule has 5 nitrogen and oxygen atoms in total. The van der Waals surface area contributed by atoms with Crippen molar-refractivity contribution in [2.24, 2.45) is 0 Å². The van der Waals surface area contributed by atoms with Gasteiger partial charge < -0.3 is 15.0 Å².